The molecule has 66 valence electrons. The van der Waals surface area contributed by atoms with Crippen molar-refractivity contribution in [3.8, 4) is 11.8 Å². The van der Waals surface area contributed by atoms with Crippen LogP contribution in [0.1, 0.15) is 17.5 Å². The van der Waals surface area contributed by atoms with E-state index in [1.54, 1.807) is 0 Å². The highest BCUT2D eigenvalue weighted by Crippen LogP contribution is 2.15. The van der Waals surface area contributed by atoms with E-state index in [-0.39, 0.29) is 6.42 Å². The lowest BCUT2D eigenvalue weighted by molar-refractivity contribution is -0.107. The standard InChI is InChI=1S/C11H9ClO/c1-9-5-6-11(12)10(8-9)4-2-3-7-13/h5-8H,3H2,1H3. The fourth-order valence-electron chi connectivity index (χ4n) is 0.923. The first-order chi connectivity index (χ1) is 6.24. The number of carbonyl (C=O) groups is 1. The molecule has 2 heteroatoms. The number of benzene rings is 1. The van der Waals surface area contributed by atoms with Crippen molar-refractivity contribution in [2.75, 3.05) is 0 Å². The zero-order valence-corrected chi connectivity index (χ0v) is 8.06. The van der Waals surface area contributed by atoms with Crippen LogP contribution in [0.2, 0.25) is 5.02 Å². The van der Waals surface area contributed by atoms with Crippen LogP contribution in [-0.2, 0) is 4.79 Å². The van der Waals surface area contributed by atoms with Gasteiger partial charge < -0.3 is 4.79 Å². The number of aryl methyl sites for hydroxylation is 1. The van der Waals surface area contributed by atoms with Gasteiger partial charge in [0.05, 0.1) is 11.4 Å². The van der Waals surface area contributed by atoms with E-state index >= 15 is 0 Å². The summed E-state index contributed by atoms with van der Waals surface area (Å²) in [6.07, 6.45) is 1.03. The average molecular weight is 193 g/mol. The molecule has 0 aliphatic carbocycles. The van der Waals surface area contributed by atoms with E-state index in [0.29, 0.717) is 5.02 Å². The number of carbonyl (C=O) groups excluding carboxylic acids is 1. The average Bonchev–Trinajstić information content (AvgIpc) is 2.11. The zero-order valence-electron chi connectivity index (χ0n) is 7.30. The van der Waals surface area contributed by atoms with E-state index < -0.39 is 0 Å². The Morgan fingerprint density at radius 3 is 3.00 bits per heavy atom. The molecule has 0 saturated heterocycles. The molecular weight excluding hydrogens is 184 g/mol. The molecule has 1 aromatic carbocycles. The van der Waals surface area contributed by atoms with Gasteiger partial charge in [0.2, 0.25) is 0 Å². The molecule has 1 aromatic rings. The number of rotatable bonds is 1. The maximum Gasteiger partial charge on any atom is 0.131 e. The summed E-state index contributed by atoms with van der Waals surface area (Å²) < 4.78 is 0. The molecule has 0 bridgehead atoms. The molecule has 1 rings (SSSR count). The van der Waals surface area contributed by atoms with Gasteiger partial charge in [0, 0.05) is 5.56 Å². The van der Waals surface area contributed by atoms with Gasteiger partial charge in [-0.15, -0.1) is 0 Å². The van der Waals surface area contributed by atoms with Crippen molar-refractivity contribution in [1.29, 1.82) is 0 Å². The predicted molar refractivity (Wildman–Crippen MR) is 53.7 cm³/mol. The molecule has 0 unspecified atom stereocenters. The highest BCUT2D eigenvalue weighted by Gasteiger charge is 1.95. The van der Waals surface area contributed by atoms with E-state index in [9.17, 15) is 4.79 Å². The van der Waals surface area contributed by atoms with E-state index in [1.807, 2.05) is 25.1 Å². The van der Waals surface area contributed by atoms with Gasteiger partial charge in [0.25, 0.3) is 0 Å². The molecule has 13 heavy (non-hydrogen) atoms. The second kappa shape index (κ2) is 4.69. The first kappa shape index (κ1) is 9.83. The summed E-state index contributed by atoms with van der Waals surface area (Å²) in [5.41, 5.74) is 1.89. The summed E-state index contributed by atoms with van der Waals surface area (Å²) in [4.78, 5) is 10.0. The highest BCUT2D eigenvalue weighted by molar-refractivity contribution is 6.31. The zero-order chi connectivity index (χ0) is 9.68. The molecule has 1 nitrogen and oxygen atoms in total. The summed E-state index contributed by atoms with van der Waals surface area (Å²) in [6.45, 7) is 1.97. The fourth-order valence-corrected chi connectivity index (χ4v) is 1.09. The topological polar surface area (TPSA) is 17.1 Å². The van der Waals surface area contributed by atoms with Gasteiger partial charge in [-0.25, -0.2) is 0 Å². The molecule has 0 aliphatic heterocycles. The van der Waals surface area contributed by atoms with Crippen LogP contribution in [0.25, 0.3) is 0 Å². The van der Waals surface area contributed by atoms with Crippen molar-refractivity contribution >= 4 is 17.9 Å². The van der Waals surface area contributed by atoms with Crippen LogP contribution in [0.5, 0.6) is 0 Å². The Kier molecular flexibility index (Phi) is 3.54. The predicted octanol–water partition coefficient (Wildman–Crippen LogP) is 2.59. The third-order valence-corrected chi connectivity index (χ3v) is 1.86. The molecule has 0 N–H and O–H groups in total. The minimum atomic E-state index is 0.254. The van der Waals surface area contributed by atoms with Gasteiger partial charge in [-0.3, -0.25) is 0 Å². The number of halogens is 1. The summed E-state index contributed by atoms with van der Waals surface area (Å²) in [6, 6.07) is 5.63. The first-order valence-corrected chi connectivity index (χ1v) is 4.30. The van der Waals surface area contributed by atoms with Gasteiger partial charge in [-0.1, -0.05) is 29.5 Å². The largest absolute Gasteiger partial charge is 0.302 e. The van der Waals surface area contributed by atoms with Gasteiger partial charge in [0.15, 0.2) is 0 Å². The number of hydrogen-bond acceptors (Lipinski definition) is 1. The van der Waals surface area contributed by atoms with Gasteiger partial charge in [-0.05, 0) is 24.6 Å². The van der Waals surface area contributed by atoms with Crippen molar-refractivity contribution in [1.82, 2.24) is 0 Å². The summed E-state index contributed by atoms with van der Waals surface area (Å²) >= 11 is 5.88. The Balaban J connectivity index is 2.95. The van der Waals surface area contributed by atoms with Crippen LogP contribution < -0.4 is 0 Å². The normalized spacial score (nSPS) is 8.77. The van der Waals surface area contributed by atoms with Crippen molar-refractivity contribution in [3.63, 3.8) is 0 Å². The second-order valence-corrected chi connectivity index (χ2v) is 3.06. The minimum absolute atomic E-state index is 0.254. The minimum Gasteiger partial charge on any atom is -0.302 e. The maximum absolute atomic E-state index is 10.0. The Morgan fingerprint density at radius 1 is 1.54 bits per heavy atom. The number of aldehydes is 1. The molecule has 0 atom stereocenters. The molecule has 0 amide bonds. The number of hydrogen-bond donors (Lipinski definition) is 0. The van der Waals surface area contributed by atoms with Gasteiger partial charge in [0.1, 0.15) is 6.29 Å². The SMILES string of the molecule is Cc1ccc(Cl)c(C#CCC=O)c1. The third-order valence-electron chi connectivity index (χ3n) is 1.53. The molecule has 0 fully saturated rings. The third kappa shape index (κ3) is 2.93. The van der Waals surface area contributed by atoms with E-state index in [0.717, 1.165) is 17.4 Å². The van der Waals surface area contributed by atoms with Crippen molar-refractivity contribution in [3.05, 3.63) is 34.3 Å². The van der Waals surface area contributed by atoms with Crippen molar-refractivity contribution in [2.24, 2.45) is 0 Å². The Bertz CT molecular complexity index is 371. The Labute approximate surface area is 82.7 Å². The Morgan fingerprint density at radius 2 is 2.31 bits per heavy atom. The van der Waals surface area contributed by atoms with E-state index in [1.165, 1.54) is 0 Å². The van der Waals surface area contributed by atoms with Crippen LogP contribution >= 0.6 is 11.6 Å². The maximum atomic E-state index is 10.0. The molecule has 0 saturated carbocycles. The second-order valence-electron chi connectivity index (χ2n) is 2.66. The summed E-state index contributed by atoms with van der Waals surface area (Å²) in [5.74, 6) is 5.56. The van der Waals surface area contributed by atoms with Crippen LogP contribution in [-0.4, -0.2) is 6.29 Å². The lowest BCUT2D eigenvalue weighted by Crippen LogP contribution is -1.79. The van der Waals surface area contributed by atoms with Crippen LogP contribution in [0.4, 0.5) is 0 Å². The summed E-state index contributed by atoms with van der Waals surface area (Å²) in [7, 11) is 0. The van der Waals surface area contributed by atoms with Gasteiger partial charge in [-0.2, -0.15) is 0 Å². The monoisotopic (exact) mass is 192 g/mol. The first-order valence-electron chi connectivity index (χ1n) is 3.92. The van der Waals surface area contributed by atoms with E-state index in [2.05, 4.69) is 11.8 Å². The van der Waals surface area contributed by atoms with Crippen LogP contribution in [0.3, 0.4) is 0 Å². The van der Waals surface area contributed by atoms with Crippen molar-refractivity contribution < 1.29 is 4.79 Å². The van der Waals surface area contributed by atoms with Crippen molar-refractivity contribution in [2.45, 2.75) is 13.3 Å². The molecular formula is C11H9ClO. The highest BCUT2D eigenvalue weighted by atomic mass is 35.5. The molecule has 0 aromatic heterocycles. The molecule has 0 spiro atoms. The fraction of sp³-hybridized carbons (Fsp3) is 0.182. The lowest BCUT2D eigenvalue weighted by Gasteiger charge is -1.96. The smallest absolute Gasteiger partial charge is 0.131 e. The van der Waals surface area contributed by atoms with Crippen LogP contribution in [0, 0.1) is 18.8 Å². The van der Waals surface area contributed by atoms with E-state index in [4.69, 9.17) is 11.6 Å². The van der Waals surface area contributed by atoms with Crippen LogP contribution in [0.15, 0.2) is 18.2 Å². The summed E-state index contributed by atoms with van der Waals surface area (Å²) in [5, 5.41) is 0.629. The lowest BCUT2D eigenvalue weighted by atomic mass is 10.1. The molecule has 0 heterocycles. The quantitative estimate of drug-likeness (QED) is 0.494. The Hall–Kier alpha value is -1.26. The molecule has 0 aliphatic rings. The molecule has 0 radical (unpaired) electrons. The van der Waals surface area contributed by atoms with Gasteiger partial charge >= 0.3 is 0 Å².